The number of nitrogens with two attached hydrogens (primary N) is 1. The standard InChI is InChI=1S/C16H26N4OS/c1-10-11(2)18-15(17)13-14(10)20(8-6-7-9-22-5)16(19-13)12(3)21-4/h12H,6-9H2,1-5H3,(H2,17,18). The topological polar surface area (TPSA) is 66.0 Å². The normalized spacial score (nSPS) is 13.0. The summed E-state index contributed by atoms with van der Waals surface area (Å²) in [6.45, 7) is 7.04. The second-order valence-electron chi connectivity index (χ2n) is 5.60. The Morgan fingerprint density at radius 1 is 1.27 bits per heavy atom. The van der Waals surface area contributed by atoms with Crippen LogP contribution >= 0.6 is 11.8 Å². The number of fused-ring (bicyclic) bond motifs is 1. The number of nitrogens with zero attached hydrogens (tertiary/aromatic N) is 3. The molecule has 2 heterocycles. The van der Waals surface area contributed by atoms with E-state index in [0.29, 0.717) is 5.82 Å². The van der Waals surface area contributed by atoms with Crippen LogP contribution in [0.1, 0.15) is 43.0 Å². The summed E-state index contributed by atoms with van der Waals surface area (Å²) < 4.78 is 7.76. The number of thioether (sulfide) groups is 1. The molecular formula is C16H26N4OS. The molecule has 0 aliphatic rings. The zero-order valence-electron chi connectivity index (χ0n) is 14.1. The minimum Gasteiger partial charge on any atom is -0.382 e. The molecule has 0 amide bonds. The lowest BCUT2D eigenvalue weighted by Crippen LogP contribution is -2.10. The van der Waals surface area contributed by atoms with Crippen LogP contribution in [0.5, 0.6) is 0 Å². The van der Waals surface area contributed by atoms with Crippen molar-refractivity contribution in [2.75, 3.05) is 24.9 Å². The first-order chi connectivity index (χ1) is 10.5. The van der Waals surface area contributed by atoms with Gasteiger partial charge in [-0.05, 0) is 51.2 Å². The Morgan fingerprint density at radius 3 is 2.64 bits per heavy atom. The molecule has 2 N–H and O–H groups in total. The van der Waals surface area contributed by atoms with Crippen molar-refractivity contribution in [2.45, 2.75) is 46.3 Å². The van der Waals surface area contributed by atoms with Crippen molar-refractivity contribution >= 4 is 28.6 Å². The van der Waals surface area contributed by atoms with Crippen molar-refractivity contribution in [2.24, 2.45) is 0 Å². The molecule has 0 aliphatic heterocycles. The van der Waals surface area contributed by atoms with E-state index in [0.717, 1.165) is 41.1 Å². The molecule has 0 radical (unpaired) electrons. The van der Waals surface area contributed by atoms with E-state index >= 15 is 0 Å². The predicted octanol–water partition coefficient (Wildman–Crippen LogP) is 3.48. The predicted molar refractivity (Wildman–Crippen MR) is 94.5 cm³/mol. The molecular weight excluding hydrogens is 296 g/mol. The molecule has 0 saturated heterocycles. The van der Waals surface area contributed by atoms with Gasteiger partial charge in [-0.1, -0.05) is 0 Å². The number of methoxy groups -OCH3 is 1. The number of hydrogen-bond donors (Lipinski definition) is 1. The van der Waals surface area contributed by atoms with Crippen LogP contribution < -0.4 is 5.73 Å². The van der Waals surface area contributed by atoms with Crippen LogP contribution in [0.4, 0.5) is 5.82 Å². The smallest absolute Gasteiger partial charge is 0.151 e. The van der Waals surface area contributed by atoms with Crippen LogP contribution in [-0.2, 0) is 11.3 Å². The summed E-state index contributed by atoms with van der Waals surface area (Å²) in [6, 6.07) is 0. The molecule has 0 spiro atoms. The van der Waals surface area contributed by atoms with Gasteiger partial charge in [-0.3, -0.25) is 0 Å². The number of aryl methyl sites for hydroxylation is 3. The number of imidazole rings is 1. The lowest BCUT2D eigenvalue weighted by molar-refractivity contribution is 0.109. The first-order valence-electron chi connectivity index (χ1n) is 7.65. The second kappa shape index (κ2) is 7.33. The number of aromatic nitrogens is 3. The first-order valence-corrected chi connectivity index (χ1v) is 9.05. The Hall–Kier alpha value is -1.27. The van der Waals surface area contributed by atoms with Gasteiger partial charge in [0.1, 0.15) is 17.4 Å². The van der Waals surface area contributed by atoms with E-state index in [4.69, 9.17) is 15.5 Å². The maximum atomic E-state index is 6.10. The summed E-state index contributed by atoms with van der Waals surface area (Å²) >= 11 is 1.89. The first kappa shape index (κ1) is 17.1. The van der Waals surface area contributed by atoms with Crippen molar-refractivity contribution in [3.8, 4) is 0 Å². The summed E-state index contributed by atoms with van der Waals surface area (Å²) in [5.41, 5.74) is 10.1. The van der Waals surface area contributed by atoms with Crippen molar-refractivity contribution in [1.29, 1.82) is 0 Å². The molecule has 22 heavy (non-hydrogen) atoms. The Morgan fingerprint density at radius 2 is 2.00 bits per heavy atom. The molecule has 1 unspecified atom stereocenters. The van der Waals surface area contributed by atoms with Crippen LogP contribution in [0.15, 0.2) is 0 Å². The molecule has 0 bridgehead atoms. The quantitative estimate of drug-likeness (QED) is 0.791. The molecule has 0 aliphatic carbocycles. The van der Waals surface area contributed by atoms with E-state index < -0.39 is 0 Å². The summed E-state index contributed by atoms with van der Waals surface area (Å²) in [4.78, 5) is 9.14. The molecule has 1 atom stereocenters. The molecule has 2 aromatic rings. The average Bonchev–Trinajstić information content (AvgIpc) is 2.88. The lowest BCUT2D eigenvalue weighted by Gasteiger charge is -2.14. The fourth-order valence-corrected chi connectivity index (χ4v) is 3.17. The van der Waals surface area contributed by atoms with Crippen molar-refractivity contribution in [3.05, 3.63) is 17.1 Å². The third-order valence-corrected chi connectivity index (χ3v) is 4.82. The van der Waals surface area contributed by atoms with E-state index in [9.17, 15) is 0 Å². The van der Waals surface area contributed by atoms with E-state index in [1.165, 1.54) is 12.2 Å². The molecule has 0 fully saturated rings. The van der Waals surface area contributed by atoms with Crippen molar-refractivity contribution in [3.63, 3.8) is 0 Å². The number of pyridine rings is 1. The third-order valence-electron chi connectivity index (χ3n) is 4.12. The second-order valence-corrected chi connectivity index (χ2v) is 6.59. The van der Waals surface area contributed by atoms with Gasteiger partial charge in [0.2, 0.25) is 0 Å². The number of unbranched alkanes of at least 4 members (excludes halogenated alkanes) is 1. The largest absolute Gasteiger partial charge is 0.382 e. The number of anilines is 1. The average molecular weight is 322 g/mol. The van der Waals surface area contributed by atoms with Gasteiger partial charge in [0.15, 0.2) is 5.82 Å². The Balaban J connectivity index is 2.52. The zero-order valence-corrected chi connectivity index (χ0v) is 15.0. The lowest BCUT2D eigenvalue weighted by atomic mass is 10.2. The highest BCUT2D eigenvalue weighted by atomic mass is 32.2. The number of rotatable bonds is 7. The SMILES string of the molecule is COC(C)c1nc2c(N)nc(C)c(C)c2n1CCCCSC. The van der Waals surface area contributed by atoms with Crippen LogP contribution in [0.25, 0.3) is 11.0 Å². The van der Waals surface area contributed by atoms with Gasteiger partial charge in [0.05, 0.1) is 5.52 Å². The van der Waals surface area contributed by atoms with Gasteiger partial charge < -0.3 is 15.0 Å². The Bertz CT molecular complexity index is 653. The summed E-state index contributed by atoms with van der Waals surface area (Å²) in [7, 11) is 1.71. The minimum absolute atomic E-state index is 0.0629. The van der Waals surface area contributed by atoms with E-state index in [-0.39, 0.29) is 6.10 Å². The minimum atomic E-state index is -0.0629. The molecule has 122 valence electrons. The van der Waals surface area contributed by atoms with Gasteiger partial charge in [0, 0.05) is 19.3 Å². The Kier molecular flexibility index (Phi) is 5.69. The maximum Gasteiger partial charge on any atom is 0.151 e. The summed E-state index contributed by atoms with van der Waals surface area (Å²) in [5.74, 6) is 2.62. The summed E-state index contributed by atoms with van der Waals surface area (Å²) in [6.07, 6.45) is 4.40. The number of ether oxygens (including phenoxy) is 1. The Labute approximate surface area is 136 Å². The highest BCUT2D eigenvalue weighted by Crippen LogP contribution is 2.29. The maximum absolute atomic E-state index is 6.10. The molecule has 2 aromatic heterocycles. The fraction of sp³-hybridized carbons (Fsp3) is 0.625. The van der Waals surface area contributed by atoms with Gasteiger partial charge >= 0.3 is 0 Å². The van der Waals surface area contributed by atoms with Crippen LogP contribution in [0.2, 0.25) is 0 Å². The highest BCUT2D eigenvalue weighted by molar-refractivity contribution is 7.98. The van der Waals surface area contributed by atoms with E-state index in [2.05, 4.69) is 22.7 Å². The van der Waals surface area contributed by atoms with E-state index in [1.807, 2.05) is 25.6 Å². The monoisotopic (exact) mass is 322 g/mol. The van der Waals surface area contributed by atoms with Crippen LogP contribution in [0, 0.1) is 13.8 Å². The number of hydrogen-bond acceptors (Lipinski definition) is 5. The van der Waals surface area contributed by atoms with Gasteiger partial charge in [0.25, 0.3) is 0 Å². The van der Waals surface area contributed by atoms with Crippen molar-refractivity contribution in [1.82, 2.24) is 14.5 Å². The third kappa shape index (κ3) is 3.22. The highest BCUT2D eigenvalue weighted by Gasteiger charge is 2.20. The van der Waals surface area contributed by atoms with Crippen LogP contribution in [0.3, 0.4) is 0 Å². The molecule has 2 rings (SSSR count). The summed E-state index contributed by atoms with van der Waals surface area (Å²) in [5, 5.41) is 0. The van der Waals surface area contributed by atoms with Crippen LogP contribution in [-0.4, -0.2) is 33.7 Å². The molecule has 6 heteroatoms. The van der Waals surface area contributed by atoms with E-state index in [1.54, 1.807) is 7.11 Å². The van der Waals surface area contributed by atoms with Gasteiger partial charge in [-0.25, -0.2) is 9.97 Å². The molecule has 0 aromatic carbocycles. The fourth-order valence-electron chi connectivity index (χ4n) is 2.68. The van der Waals surface area contributed by atoms with Gasteiger partial charge in [-0.15, -0.1) is 0 Å². The van der Waals surface area contributed by atoms with Crippen molar-refractivity contribution < 1.29 is 4.74 Å². The zero-order chi connectivity index (χ0) is 16.3. The van der Waals surface area contributed by atoms with Gasteiger partial charge in [-0.2, -0.15) is 11.8 Å². The molecule has 0 saturated carbocycles. The number of nitrogen functional groups attached to an aromatic ring is 1. The molecule has 5 nitrogen and oxygen atoms in total.